The van der Waals surface area contributed by atoms with Crippen LogP contribution in [0.5, 0.6) is 0 Å². The smallest absolute Gasteiger partial charge is 0.349 e. The molecule has 31 heavy (non-hydrogen) atoms. The monoisotopic (exact) mass is 462 g/mol. The number of carbonyl (C=O) groups is 3. The summed E-state index contributed by atoms with van der Waals surface area (Å²) in [6.45, 7) is 7.35. The van der Waals surface area contributed by atoms with E-state index in [2.05, 4.69) is 15.7 Å². The van der Waals surface area contributed by atoms with Crippen molar-refractivity contribution < 1.29 is 19.1 Å². The number of fused-ring (bicyclic) bond motifs is 1. The van der Waals surface area contributed by atoms with Crippen LogP contribution in [0, 0.1) is 6.92 Å². The highest BCUT2D eigenvalue weighted by atomic mass is 35.5. The lowest BCUT2D eigenvalue weighted by Gasteiger charge is -2.13. The van der Waals surface area contributed by atoms with Gasteiger partial charge in [-0.1, -0.05) is 23.7 Å². The fourth-order valence-corrected chi connectivity index (χ4v) is 4.04. The number of ether oxygens (including phenoxy) is 1. The number of aromatic nitrogens is 2. The molecule has 1 aromatic carbocycles. The lowest BCUT2D eigenvalue weighted by Crippen LogP contribution is -2.46. The molecule has 3 rings (SSSR count). The molecule has 1 atom stereocenters. The second kappa shape index (κ2) is 9.49. The normalized spacial score (nSPS) is 12.1. The predicted octanol–water partition coefficient (Wildman–Crippen LogP) is 3.89. The molecule has 0 saturated carbocycles. The topological polar surface area (TPSA) is 102 Å². The Kier molecular flexibility index (Phi) is 6.97. The van der Waals surface area contributed by atoms with E-state index >= 15 is 0 Å². The summed E-state index contributed by atoms with van der Waals surface area (Å²) in [5.74, 6) is -1.33. The molecule has 0 saturated heterocycles. The summed E-state index contributed by atoms with van der Waals surface area (Å²) in [5, 5.41) is 10.7. The van der Waals surface area contributed by atoms with Crippen LogP contribution in [-0.4, -0.2) is 39.8 Å². The van der Waals surface area contributed by atoms with Gasteiger partial charge < -0.3 is 10.1 Å². The van der Waals surface area contributed by atoms with Crippen molar-refractivity contribution in [2.45, 2.75) is 46.4 Å². The Bertz CT molecular complexity index is 1120. The maximum atomic E-state index is 12.6. The number of halogens is 1. The van der Waals surface area contributed by atoms with Gasteiger partial charge in [-0.2, -0.15) is 5.10 Å². The van der Waals surface area contributed by atoms with Gasteiger partial charge in [-0.3, -0.25) is 14.8 Å². The highest BCUT2D eigenvalue weighted by Crippen LogP contribution is 2.29. The van der Waals surface area contributed by atoms with Gasteiger partial charge in [0.25, 0.3) is 5.91 Å². The summed E-state index contributed by atoms with van der Waals surface area (Å²) in [7, 11) is 0. The molecular formula is C21H23ClN4O4S. The molecule has 0 fully saturated rings. The van der Waals surface area contributed by atoms with Crippen molar-refractivity contribution in [3.63, 3.8) is 0 Å². The predicted molar refractivity (Wildman–Crippen MR) is 120 cm³/mol. The van der Waals surface area contributed by atoms with Gasteiger partial charge in [-0.25, -0.2) is 9.59 Å². The van der Waals surface area contributed by atoms with Gasteiger partial charge in [0.15, 0.2) is 6.10 Å². The van der Waals surface area contributed by atoms with Crippen LogP contribution in [0.25, 0.3) is 10.2 Å². The lowest BCUT2D eigenvalue weighted by atomic mass is 10.2. The fraction of sp³-hybridized carbons (Fsp3) is 0.333. The molecule has 0 aliphatic rings. The van der Waals surface area contributed by atoms with Crippen LogP contribution in [-0.2, 0) is 16.1 Å². The van der Waals surface area contributed by atoms with E-state index in [0.717, 1.165) is 21.5 Å². The van der Waals surface area contributed by atoms with E-state index in [1.54, 1.807) is 19.9 Å². The van der Waals surface area contributed by atoms with E-state index in [0.29, 0.717) is 16.4 Å². The van der Waals surface area contributed by atoms with Gasteiger partial charge in [-0.15, -0.1) is 11.3 Å². The number of imide groups is 1. The molecule has 2 heterocycles. The van der Waals surface area contributed by atoms with Gasteiger partial charge in [0.05, 0.1) is 12.2 Å². The number of aryl methyl sites for hydroxylation is 1. The minimum atomic E-state index is -1.12. The number of urea groups is 1. The Balaban J connectivity index is 1.71. The summed E-state index contributed by atoms with van der Waals surface area (Å²) >= 11 is 7.18. The van der Waals surface area contributed by atoms with Gasteiger partial charge >= 0.3 is 12.0 Å². The van der Waals surface area contributed by atoms with E-state index in [1.807, 2.05) is 35.9 Å². The first-order valence-electron chi connectivity index (χ1n) is 9.67. The van der Waals surface area contributed by atoms with Crippen LogP contribution in [0.4, 0.5) is 4.79 Å². The number of nitrogens with one attached hydrogen (secondary N) is 2. The van der Waals surface area contributed by atoms with Crippen molar-refractivity contribution in [3.8, 4) is 0 Å². The van der Waals surface area contributed by atoms with Crippen LogP contribution in [0.3, 0.4) is 0 Å². The number of hydrogen-bond acceptors (Lipinski definition) is 6. The van der Waals surface area contributed by atoms with E-state index in [-0.39, 0.29) is 6.04 Å². The largest absolute Gasteiger partial charge is 0.448 e. The fourth-order valence-electron chi connectivity index (χ4n) is 2.87. The molecule has 8 nitrogen and oxygen atoms in total. The van der Waals surface area contributed by atoms with E-state index in [4.69, 9.17) is 16.3 Å². The van der Waals surface area contributed by atoms with Gasteiger partial charge in [-0.05, 0) is 51.5 Å². The molecular weight excluding hydrogens is 440 g/mol. The number of thiophene rings is 1. The SMILES string of the molecule is Cc1nn(Cc2ccc(Cl)cc2)c2sc(C(=O)OC(C)C(=O)NC(=O)NC(C)C)cc12. The summed E-state index contributed by atoms with van der Waals surface area (Å²) < 4.78 is 7.07. The van der Waals surface area contributed by atoms with Crippen LogP contribution in [0.1, 0.15) is 41.7 Å². The first-order valence-corrected chi connectivity index (χ1v) is 10.9. The zero-order valence-corrected chi connectivity index (χ0v) is 19.1. The van der Waals surface area contributed by atoms with Gasteiger partial charge in [0.1, 0.15) is 9.71 Å². The third-order valence-electron chi connectivity index (χ3n) is 4.36. The summed E-state index contributed by atoms with van der Waals surface area (Å²) in [6.07, 6.45) is -1.12. The standard InChI is InChI=1S/C21H23ClN4O4S/c1-11(2)23-21(29)24-18(27)13(4)30-20(28)17-9-16-12(3)25-26(19(16)31-17)10-14-5-7-15(22)8-6-14/h5-9,11,13H,10H2,1-4H3,(H2,23,24,27,29). The maximum absolute atomic E-state index is 12.6. The molecule has 0 aliphatic heterocycles. The Morgan fingerprint density at radius 3 is 2.52 bits per heavy atom. The zero-order valence-electron chi connectivity index (χ0n) is 17.6. The molecule has 0 radical (unpaired) electrons. The Morgan fingerprint density at radius 1 is 1.19 bits per heavy atom. The summed E-state index contributed by atoms with van der Waals surface area (Å²) in [4.78, 5) is 37.5. The maximum Gasteiger partial charge on any atom is 0.349 e. The minimum absolute atomic E-state index is 0.125. The third-order valence-corrected chi connectivity index (χ3v) is 5.74. The van der Waals surface area contributed by atoms with Crippen molar-refractivity contribution in [3.05, 3.63) is 51.5 Å². The lowest BCUT2D eigenvalue weighted by molar-refractivity contribution is -0.127. The molecule has 3 aromatic rings. The molecule has 0 spiro atoms. The average molecular weight is 463 g/mol. The molecule has 164 valence electrons. The number of esters is 1. The second-order valence-electron chi connectivity index (χ2n) is 7.36. The molecule has 2 aromatic heterocycles. The van der Waals surface area contributed by atoms with Crippen molar-refractivity contribution in [1.82, 2.24) is 20.4 Å². The average Bonchev–Trinajstić information content (AvgIpc) is 3.24. The zero-order chi connectivity index (χ0) is 22.7. The number of hydrogen-bond donors (Lipinski definition) is 2. The number of benzene rings is 1. The number of rotatable bonds is 6. The van der Waals surface area contributed by atoms with Crippen molar-refractivity contribution in [1.29, 1.82) is 0 Å². The third kappa shape index (κ3) is 5.62. The Hall–Kier alpha value is -2.91. The molecule has 10 heteroatoms. The minimum Gasteiger partial charge on any atom is -0.448 e. The van der Waals surface area contributed by atoms with Crippen molar-refractivity contribution in [2.24, 2.45) is 0 Å². The van der Waals surface area contributed by atoms with Crippen LogP contribution in [0.2, 0.25) is 5.02 Å². The summed E-state index contributed by atoms with van der Waals surface area (Å²) in [5.41, 5.74) is 1.81. The van der Waals surface area contributed by atoms with E-state index in [1.165, 1.54) is 18.3 Å². The first kappa shape index (κ1) is 22.8. The van der Waals surface area contributed by atoms with Crippen LogP contribution in [0.15, 0.2) is 30.3 Å². The van der Waals surface area contributed by atoms with Crippen molar-refractivity contribution in [2.75, 3.05) is 0 Å². The number of nitrogens with zero attached hydrogens (tertiary/aromatic N) is 2. The second-order valence-corrected chi connectivity index (χ2v) is 8.83. The van der Waals surface area contributed by atoms with Gasteiger partial charge in [0, 0.05) is 16.5 Å². The van der Waals surface area contributed by atoms with Crippen molar-refractivity contribution >= 4 is 51.1 Å². The molecule has 0 aliphatic carbocycles. The number of amides is 3. The molecule has 0 bridgehead atoms. The van der Waals surface area contributed by atoms with E-state index < -0.39 is 24.0 Å². The first-order chi connectivity index (χ1) is 14.6. The van der Waals surface area contributed by atoms with Crippen LogP contribution < -0.4 is 10.6 Å². The Morgan fingerprint density at radius 2 is 1.87 bits per heavy atom. The van der Waals surface area contributed by atoms with Gasteiger partial charge in [0.2, 0.25) is 0 Å². The van der Waals surface area contributed by atoms with Crippen LogP contribution >= 0.6 is 22.9 Å². The highest BCUT2D eigenvalue weighted by molar-refractivity contribution is 7.20. The summed E-state index contributed by atoms with van der Waals surface area (Å²) in [6, 6.07) is 8.42. The van der Waals surface area contributed by atoms with E-state index in [9.17, 15) is 14.4 Å². The number of carbonyl (C=O) groups excluding carboxylic acids is 3. The quantitative estimate of drug-likeness (QED) is 0.541. The Labute approximate surface area is 188 Å². The molecule has 2 N–H and O–H groups in total. The highest BCUT2D eigenvalue weighted by Gasteiger charge is 2.23. The molecule has 1 unspecified atom stereocenters. The molecule has 3 amide bonds.